The van der Waals surface area contributed by atoms with Crippen molar-refractivity contribution in [1.29, 1.82) is 0 Å². The molecule has 0 unspecified atom stereocenters. The number of ether oxygens (including phenoxy) is 3. The molecule has 0 heterocycles. The maximum absolute atomic E-state index is 10.7. The van der Waals surface area contributed by atoms with Gasteiger partial charge in [0, 0.05) is 26.7 Å². The Labute approximate surface area is 101 Å². The van der Waals surface area contributed by atoms with Crippen molar-refractivity contribution in [2.45, 2.75) is 40.5 Å². The van der Waals surface area contributed by atoms with Gasteiger partial charge in [-0.3, -0.25) is 9.59 Å². The zero-order valence-corrected chi connectivity index (χ0v) is 10.6. The van der Waals surface area contributed by atoms with Gasteiger partial charge in [-0.15, -0.1) is 0 Å². The molecule has 0 rings (SSSR count). The predicted molar refractivity (Wildman–Crippen MR) is 61.4 cm³/mol. The fraction of sp³-hybridized carbons (Fsp3) is 0.500. The highest BCUT2D eigenvalue weighted by atomic mass is 16.6. The van der Waals surface area contributed by atoms with Crippen LogP contribution >= 0.6 is 0 Å². The molecule has 0 saturated carbocycles. The van der Waals surface area contributed by atoms with Crippen LogP contribution in [0.25, 0.3) is 0 Å². The van der Waals surface area contributed by atoms with Crippen molar-refractivity contribution in [3.8, 4) is 0 Å². The van der Waals surface area contributed by atoms with E-state index in [4.69, 9.17) is 14.2 Å². The van der Waals surface area contributed by atoms with Crippen LogP contribution in [0.4, 0.5) is 0 Å². The van der Waals surface area contributed by atoms with Gasteiger partial charge in [-0.25, -0.2) is 0 Å². The van der Waals surface area contributed by atoms with Gasteiger partial charge in [0.05, 0.1) is 0 Å². The smallest absolute Gasteiger partial charge is 0.307 e. The predicted octanol–water partition coefficient (Wildman–Crippen LogP) is 2.63. The first kappa shape index (κ1) is 15.2. The summed E-state index contributed by atoms with van der Waals surface area (Å²) in [5.74, 6) is 0.0156. The SMILES string of the molecule is CCC(=COC=C(CC)OC(C)=O)OC(C)=O. The van der Waals surface area contributed by atoms with Crippen molar-refractivity contribution in [3.05, 3.63) is 24.0 Å². The summed E-state index contributed by atoms with van der Waals surface area (Å²) in [5.41, 5.74) is 0. The van der Waals surface area contributed by atoms with Crippen LogP contribution in [0, 0.1) is 0 Å². The van der Waals surface area contributed by atoms with E-state index < -0.39 is 11.9 Å². The number of hydrogen-bond acceptors (Lipinski definition) is 5. The van der Waals surface area contributed by atoms with Crippen molar-refractivity contribution in [2.75, 3.05) is 0 Å². The van der Waals surface area contributed by atoms with Crippen LogP contribution in [0.3, 0.4) is 0 Å². The van der Waals surface area contributed by atoms with E-state index in [1.165, 1.54) is 26.4 Å². The molecule has 0 aliphatic carbocycles. The Morgan fingerprint density at radius 1 is 0.882 bits per heavy atom. The molecule has 0 bridgehead atoms. The van der Waals surface area contributed by atoms with Gasteiger partial charge in [0.25, 0.3) is 0 Å². The van der Waals surface area contributed by atoms with Crippen LogP contribution in [0.1, 0.15) is 40.5 Å². The van der Waals surface area contributed by atoms with Crippen molar-refractivity contribution < 1.29 is 23.8 Å². The largest absolute Gasteiger partial charge is 0.466 e. The second-order valence-electron chi connectivity index (χ2n) is 3.20. The van der Waals surface area contributed by atoms with Crippen molar-refractivity contribution in [1.82, 2.24) is 0 Å². The fourth-order valence-corrected chi connectivity index (χ4v) is 0.914. The average Bonchev–Trinajstić information content (AvgIpc) is 2.25. The minimum atomic E-state index is -0.401. The molecule has 0 spiro atoms. The first-order chi connectivity index (χ1) is 7.99. The molecule has 0 aliphatic rings. The van der Waals surface area contributed by atoms with Crippen molar-refractivity contribution in [3.63, 3.8) is 0 Å². The lowest BCUT2D eigenvalue weighted by Crippen LogP contribution is -1.99. The summed E-state index contributed by atoms with van der Waals surface area (Å²) < 4.78 is 14.8. The van der Waals surface area contributed by atoms with Gasteiger partial charge in [0.2, 0.25) is 0 Å². The topological polar surface area (TPSA) is 61.8 Å². The second kappa shape index (κ2) is 8.38. The van der Waals surface area contributed by atoms with Crippen molar-refractivity contribution in [2.24, 2.45) is 0 Å². The minimum Gasteiger partial charge on any atom is -0.466 e. The maximum Gasteiger partial charge on any atom is 0.307 e. The lowest BCUT2D eigenvalue weighted by molar-refractivity contribution is -0.138. The molecular formula is C12H18O5. The van der Waals surface area contributed by atoms with E-state index in [1.807, 2.05) is 13.8 Å². The van der Waals surface area contributed by atoms with Gasteiger partial charge < -0.3 is 14.2 Å². The van der Waals surface area contributed by atoms with E-state index >= 15 is 0 Å². The highest BCUT2D eigenvalue weighted by molar-refractivity contribution is 5.67. The van der Waals surface area contributed by atoms with Gasteiger partial charge in [0.15, 0.2) is 0 Å². The molecule has 17 heavy (non-hydrogen) atoms. The van der Waals surface area contributed by atoms with Gasteiger partial charge in [-0.1, -0.05) is 13.8 Å². The van der Waals surface area contributed by atoms with Crippen LogP contribution in [0.2, 0.25) is 0 Å². The number of hydrogen-bond donors (Lipinski definition) is 0. The van der Waals surface area contributed by atoms with E-state index in [1.54, 1.807) is 0 Å². The Morgan fingerprint density at radius 3 is 1.47 bits per heavy atom. The van der Waals surface area contributed by atoms with Gasteiger partial charge in [-0.2, -0.15) is 0 Å². The molecule has 96 valence electrons. The quantitative estimate of drug-likeness (QED) is 0.529. The molecule has 0 radical (unpaired) electrons. The Balaban J connectivity index is 4.39. The van der Waals surface area contributed by atoms with Crippen LogP contribution in [0.15, 0.2) is 24.0 Å². The molecule has 0 saturated heterocycles. The molecular weight excluding hydrogens is 224 g/mol. The molecule has 0 N–H and O–H groups in total. The molecule has 0 aromatic rings. The van der Waals surface area contributed by atoms with Crippen LogP contribution in [0.5, 0.6) is 0 Å². The standard InChI is InChI=1S/C12H18O5/c1-5-11(16-9(3)13)7-15-8-12(6-2)17-10(4)14/h7-8H,5-6H2,1-4H3. The highest BCUT2D eigenvalue weighted by Gasteiger charge is 2.01. The fourth-order valence-electron chi connectivity index (χ4n) is 0.914. The molecule has 0 aromatic carbocycles. The molecule has 0 aliphatic heterocycles. The first-order valence-electron chi connectivity index (χ1n) is 5.39. The third-order valence-corrected chi connectivity index (χ3v) is 1.65. The number of carbonyl (C=O) groups is 2. The molecule has 0 amide bonds. The summed E-state index contributed by atoms with van der Waals surface area (Å²) in [6.07, 6.45) is 3.67. The molecule has 0 atom stereocenters. The molecule has 0 aromatic heterocycles. The third-order valence-electron chi connectivity index (χ3n) is 1.65. The summed E-state index contributed by atoms with van der Waals surface area (Å²) in [6.45, 7) is 6.29. The lowest BCUT2D eigenvalue weighted by Gasteiger charge is -2.05. The Bertz CT molecular complexity index is 296. The summed E-state index contributed by atoms with van der Waals surface area (Å²) in [4.78, 5) is 21.4. The van der Waals surface area contributed by atoms with E-state index in [0.29, 0.717) is 24.4 Å². The summed E-state index contributed by atoms with van der Waals surface area (Å²) in [7, 11) is 0. The van der Waals surface area contributed by atoms with Crippen LogP contribution < -0.4 is 0 Å². The van der Waals surface area contributed by atoms with Crippen molar-refractivity contribution >= 4 is 11.9 Å². The van der Waals surface area contributed by atoms with E-state index in [0.717, 1.165) is 0 Å². The maximum atomic E-state index is 10.7. The van der Waals surface area contributed by atoms with E-state index in [9.17, 15) is 9.59 Å². The number of esters is 2. The Morgan fingerprint density at radius 2 is 1.24 bits per heavy atom. The van der Waals surface area contributed by atoms with E-state index in [2.05, 4.69) is 0 Å². The van der Waals surface area contributed by atoms with Gasteiger partial charge >= 0.3 is 11.9 Å². The molecule has 5 heteroatoms. The zero-order valence-electron chi connectivity index (χ0n) is 10.6. The van der Waals surface area contributed by atoms with Gasteiger partial charge in [0.1, 0.15) is 24.0 Å². The highest BCUT2D eigenvalue weighted by Crippen LogP contribution is 2.07. The number of rotatable bonds is 6. The minimum absolute atomic E-state index is 0.401. The molecule has 5 nitrogen and oxygen atoms in total. The zero-order chi connectivity index (χ0) is 13.3. The third kappa shape index (κ3) is 8.07. The monoisotopic (exact) mass is 242 g/mol. The average molecular weight is 242 g/mol. The first-order valence-corrected chi connectivity index (χ1v) is 5.39. The molecule has 0 fully saturated rings. The van der Waals surface area contributed by atoms with Crippen LogP contribution in [-0.2, 0) is 23.8 Å². The summed E-state index contributed by atoms with van der Waals surface area (Å²) >= 11 is 0. The summed E-state index contributed by atoms with van der Waals surface area (Å²) in [5, 5.41) is 0. The Kier molecular flexibility index (Phi) is 7.50. The lowest BCUT2D eigenvalue weighted by atomic mass is 10.4. The summed E-state index contributed by atoms with van der Waals surface area (Å²) in [6, 6.07) is 0. The normalized spacial score (nSPS) is 12.0. The number of allylic oxidation sites excluding steroid dienone is 2. The number of carbonyl (C=O) groups excluding carboxylic acids is 2. The van der Waals surface area contributed by atoms with Crippen LogP contribution in [-0.4, -0.2) is 11.9 Å². The van der Waals surface area contributed by atoms with E-state index in [-0.39, 0.29) is 0 Å². The second-order valence-corrected chi connectivity index (χ2v) is 3.20. The van der Waals surface area contributed by atoms with Gasteiger partial charge in [-0.05, 0) is 0 Å². The Hall–Kier alpha value is -1.78.